The molecule has 3 rings (SSSR count). The zero-order chi connectivity index (χ0) is 18.2. The average Bonchev–Trinajstić information content (AvgIpc) is 2.54. The highest BCUT2D eigenvalue weighted by Gasteiger charge is 2.19. The van der Waals surface area contributed by atoms with E-state index < -0.39 is 17.4 Å². The third kappa shape index (κ3) is 3.45. The quantitative estimate of drug-likeness (QED) is 0.736. The van der Waals surface area contributed by atoms with Crippen molar-refractivity contribution in [3.05, 3.63) is 60.0 Å². The van der Waals surface area contributed by atoms with Gasteiger partial charge in [-0.3, -0.25) is 0 Å². The van der Waals surface area contributed by atoms with Crippen LogP contribution in [0.15, 0.2) is 48.7 Å². The van der Waals surface area contributed by atoms with Crippen molar-refractivity contribution in [2.75, 3.05) is 0 Å². The third-order valence-corrected chi connectivity index (χ3v) is 3.65. The van der Waals surface area contributed by atoms with E-state index in [9.17, 15) is 14.3 Å². The SMILES string of the molecule is CC(C)(C)Oc1ncc(-c2cccc(C(=O)O)c2)c2c(F)cccc12. The molecule has 0 unspecified atom stereocenters. The van der Waals surface area contributed by atoms with Crippen molar-refractivity contribution < 1.29 is 19.0 Å². The summed E-state index contributed by atoms with van der Waals surface area (Å²) in [5.74, 6) is -1.10. The molecule has 0 spiro atoms. The molecule has 0 aliphatic carbocycles. The van der Waals surface area contributed by atoms with E-state index in [2.05, 4.69) is 4.98 Å². The van der Waals surface area contributed by atoms with E-state index in [0.717, 1.165) is 0 Å². The molecule has 0 radical (unpaired) electrons. The van der Waals surface area contributed by atoms with Crippen molar-refractivity contribution in [1.82, 2.24) is 4.98 Å². The van der Waals surface area contributed by atoms with E-state index in [1.54, 1.807) is 24.3 Å². The highest BCUT2D eigenvalue weighted by atomic mass is 19.1. The fourth-order valence-electron chi connectivity index (χ4n) is 2.64. The molecule has 0 atom stereocenters. The van der Waals surface area contributed by atoms with Crippen LogP contribution in [0, 0.1) is 5.82 Å². The van der Waals surface area contributed by atoms with Crippen LogP contribution in [-0.2, 0) is 0 Å². The van der Waals surface area contributed by atoms with Gasteiger partial charge in [0.15, 0.2) is 0 Å². The lowest BCUT2D eigenvalue weighted by Crippen LogP contribution is -2.23. The molecule has 0 aliphatic heterocycles. The van der Waals surface area contributed by atoms with Crippen LogP contribution >= 0.6 is 0 Å². The van der Waals surface area contributed by atoms with Crippen molar-refractivity contribution in [1.29, 1.82) is 0 Å². The van der Waals surface area contributed by atoms with Gasteiger partial charge in [0.1, 0.15) is 11.4 Å². The molecule has 1 heterocycles. The number of ether oxygens (including phenoxy) is 1. The van der Waals surface area contributed by atoms with Crippen LogP contribution in [0.3, 0.4) is 0 Å². The van der Waals surface area contributed by atoms with Crippen LogP contribution in [0.5, 0.6) is 5.88 Å². The molecule has 0 saturated carbocycles. The van der Waals surface area contributed by atoms with Gasteiger partial charge < -0.3 is 9.84 Å². The molecule has 0 aliphatic rings. The summed E-state index contributed by atoms with van der Waals surface area (Å²) in [4.78, 5) is 15.6. The van der Waals surface area contributed by atoms with Crippen LogP contribution in [0.1, 0.15) is 31.1 Å². The van der Waals surface area contributed by atoms with Crippen LogP contribution in [0.2, 0.25) is 0 Å². The Labute approximate surface area is 144 Å². The number of rotatable bonds is 3. The van der Waals surface area contributed by atoms with Gasteiger partial charge in [-0.25, -0.2) is 14.2 Å². The molecular weight excluding hydrogens is 321 g/mol. The van der Waals surface area contributed by atoms with Gasteiger partial charge in [0.05, 0.1) is 5.56 Å². The summed E-state index contributed by atoms with van der Waals surface area (Å²) in [6.07, 6.45) is 1.52. The molecule has 0 amide bonds. The molecule has 128 valence electrons. The zero-order valence-electron chi connectivity index (χ0n) is 14.2. The van der Waals surface area contributed by atoms with Crippen molar-refractivity contribution in [2.24, 2.45) is 0 Å². The van der Waals surface area contributed by atoms with Gasteiger partial charge in [-0.15, -0.1) is 0 Å². The predicted octanol–water partition coefficient (Wildman–Crippen LogP) is 4.92. The second-order valence-corrected chi connectivity index (χ2v) is 6.74. The van der Waals surface area contributed by atoms with E-state index in [1.807, 2.05) is 20.8 Å². The largest absolute Gasteiger partial charge is 0.478 e. The highest BCUT2D eigenvalue weighted by molar-refractivity contribution is 6.00. The van der Waals surface area contributed by atoms with Gasteiger partial charge in [-0.1, -0.05) is 18.2 Å². The zero-order valence-corrected chi connectivity index (χ0v) is 14.2. The Bertz CT molecular complexity index is 961. The van der Waals surface area contributed by atoms with E-state index >= 15 is 0 Å². The lowest BCUT2D eigenvalue weighted by atomic mass is 9.98. The number of aromatic carboxylic acids is 1. The Kier molecular flexibility index (Phi) is 4.17. The first-order valence-electron chi connectivity index (χ1n) is 7.86. The monoisotopic (exact) mass is 339 g/mol. The maximum absolute atomic E-state index is 14.6. The molecule has 25 heavy (non-hydrogen) atoms. The molecule has 1 aromatic heterocycles. The van der Waals surface area contributed by atoms with Gasteiger partial charge in [-0.2, -0.15) is 0 Å². The van der Waals surface area contributed by atoms with Crippen LogP contribution in [-0.4, -0.2) is 21.7 Å². The number of carboxylic acids is 1. The van der Waals surface area contributed by atoms with Gasteiger partial charge in [0, 0.05) is 22.5 Å². The Morgan fingerprint density at radius 3 is 2.56 bits per heavy atom. The lowest BCUT2D eigenvalue weighted by Gasteiger charge is -2.22. The van der Waals surface area contributed by atoms with E-state index in [0.29, 0.717) is 27.8 Å². The first-order chi connectivity index (χ1) is 11.8. The van der Waals surface area contributed by atoms with Crippen molar-refractivity contribution in [3.63, 3.8) is 0 Å². The van der Waals surface area contributed by atoms with E-state index in [4.69, 9.17) is 4.74 Å². The number of hydrogen-bond acceptors (Lipinski definition) is 3. The van der Waals surface area contributed by atoms with E-state index in [1.165, 1.54) is 24.4 Å². The summed E-state index contributed by atoms with van der Waals surface area (Å²) < 4.78 is 20.5. The first kappa shape index (κ1) is 16.9. The van der Waals surface area contributed by atoms with Crippen LogP contribution in [0.25, 0.3) is 21.9 Å². The number of fused-ring (bicyclic) bond motifs is 1. The number of hydrogen-bond donors (Lipinski definition) is 1. The number of nitrogens with zero attached hydrogens (tertiary/aromatic N) is 1. The Hall–Kier alpha value is -2.95. The molecule has 1 N–H and O–H groups in total. The molecule has 4 nitrogen and oxygen atoms in total. The maximum atomic E-state index is 14.6. The van der Waals surface area contributed by atoms with E-state index in [-0.39, 0.29) is 5.56 Å². The average molecular weight is 339 g/mol. The number of benzene rings is 2. The normalized spacial score (nSPS) is 11.5. The fraction of sp³-hybridized carbons (Fsp3) is 0.200. The number of carbonyl (C=O) groups is 1. The summed E-state index contributed by atoms with van der Waals surface area (Å²) in [6, 6.07) is 11.1. The minimum atomic E-state index is -1.03. The minimum absolute atomic E-state index is 0.136. The topological polar surface area (TPSA) is 59.4 Å². The summed E-state index contributed by atoms with van der Waals surface area (Å²) in [7, 11) is 0. The Morgan fingerprint density at radius 1 is 1.16 bits per heavy atom. The van der Waals surface area contributed by atoms with Gasteiger partial charge in [-0.05, 0) is 50.6 Å². The number of pyridine rings is 1. The first-order valence-corrected chi connectivity index (χ1v) is 7.86. The third-order valence-electron chi connectivity index (χ3n) is 3.65. The summed E-state index contributed by atoms with van der Waals surface area (Å²) in [5.41, 5.74) is 0.774. The molecule has 5 heteroatoms. The van der Waals surface area contributed by atoms with Crippen LogP contribution < -0.4 is 4.74 Å². The molecule has 0 fully saturated rings. The number of aromatic nitrogens is 1. The summed E-state index contributed by atoms with van der Waals surface area (Å²) >= 11 is 0. The van der Waals surface area contributed by atoms with Crippen molar-refractivity contribution in [3.8, 4) is 17.0 Å². The maximum Gasteiger partial charge on any atom is 0.335 e. The Morgan fingerprint density at radius 2 is 1.88 bits per heavy atom. The molecule has 2 aromatic carbocycles. The van der Waals surface area contributed by atoms with Gasteiger partial charge in [0.2, 0.25) is 5.88 Å². The molecule has 3 aromatic rings. The highest BCUT2D eigenvalue weighted by Crippen LogP contribution is 2.35. The minimum Gasteiger partial charge on any atom is -0.478 e. The smallest absolute Gasteiger partial charge is 0.335 e. The van der Waals surface area contributed by atoms with Gasteiger partial charge in [0.25, 0.3) is 0 Å². The summed E-state index contributed by atoms with van der Waals surface area (Å²) in [6.45, 7) is 5.68. The fourth-order valence-corrected chi connectivity index (χ4v) is 2.64. The predicted molar refractivity (Wildman–Crippen MR) is 94.5 cm³/mol. The Balaban J connectivity index is 2.26. The molecule has 0 bridgehead atoms. The lowest BCUT2D eigenvalue weighted by molar-refractivity contribution is 0.0697. The second kappa shape index (κ2) is 6.16. The van der Waals surface area contributed by atoms with Crippen molar-refractivity contribution in [2.45, 2.75) is 26.4 Å². The van der Waals surface area contributed by atoms with Crippen LogP contribution in [0.4, 0.5) is 4.39 Å². The van der Waals surface area contributed by atoms with Crippen molar-refractivity contribution >= 4 is 16.7 Å². The molecular formula is C20H18FNO3. The molecule has 0 saturated heterocycles. The summed E-state index contributed by atoms with van der Waals surface area (Å²) in [5, 5.41) is 10.1. The number of halogens is 1. The standard InChI is InChI=1S/C20H18FNO3/c1-20(2,3)25-18-14-8-5-9-16(21)17(14)15(11-22-18)12-6-4-7-13(10-12)19(23)24/h4-11H,1-3H3,(H,23,24). The number of carboxylic acid groups (broad SMARTS) is 1. The van der Waals surface area contributed by atoms with Gasteiger partial charge >= 0.3 is 5.97 Å². The second-order valence-electron chi connectivity index (χ2n) is 6.74.